The van der Waals surface area contributed by atoms with E-state index in [1.54, 1.807) is 18.0 Å². The summed E-state index contributed by atoms with van der Waals surface area (Å²) in [5.74, 6) is 2.11. The highest BCUT2D eigenvalue weighted by atomic mass is 32.1. The summed E-state index contributed by atoms with van der Waals surface area (Å²) in [5, 5.41) is 11.6. The van der Waals surface area contributed by atoms with Gasteiger partial charge in [-0.2, -0.15) is 14.9 Å². The molecule has 1 N–H and O–H groups in total. The molecule has 0 saturated carbocycles. The number of H-pyrrole nitrogens is 1. The molecule has 0 bridgehead atoms. The molecule has 4 aromatic rings. The van der Waals surface area contributed by atoms with Gasteiger partial charge >= 0.3 is 0 Å². The molecule has 7 heteroatoms. The largest absolute Gasteiger partial charge is 0.497 e. The maximum atomic E-state index is 5.89. The van der Waals surface area contributed by atoms with Crippen molar-refractivity contribution in [3.63, 3.8) is 0 Å². The van der Waals surface area contributed by atoms with Crippen molar-refractivity contribution in [1.82, 2.24) is 14.9 Å². The van der Waals surface area contributed by atoms with Crippen molar-refractivity contribution in [2.75, 3.05) is 7.11 Å². The van der Waals surface area contributed by atoms with Crippen molar-refractivity contribution in [2.45, 2.75) is 6.61 Å². The van der Waals surface area contributed by atoms with Gasteiger partial charge in [-0.25, -0.2) is 5.10 Å². The molecule has 0 spiro atoms. The Kier molecular flexibility index (Phi) is 6.01. The lowest BCUT2D eigenvalue weighted by molar-refractivity contribution is 0.306. The first-order chi connectivity index (χ1) is 14.7. The molecule has 0 aliphatic heterocycles. The highest BCUT2D eigenvalue weighted by molar-refractivity contribution is 7.71. The van der Waals surface area contributed by atoms with Crippen LogP contribution in [0.1, 0.15) is 11.1 Å². The number of aromatic amines is 1. The summed E-state index contributed by atoms with van der Waals surface area (Å²) in [6.45, 7) is 0.508. The Balaban J connectivity index is 1.54. The van der Waals surface area contributed by atoms with E-state index in [-0.39, 0.29) is 0 Å². The van der Waals surface area contributed by atoms with Gasteiger partial charge in [-0.15, -0.1) is 0 Å². The normalized spacial score (nSPS) is 11.0. The lowest BCUT2D eigenvalue weighted by Gasteiger charge is -2.07. The molecule has 0 fully saturated rings. The van der Waals surface area contributed by atoms with Crippen LogP contribution in [0, 0.1) is 4.77 Å². The Morgan fingerprint density at radius 3 is 2.63 bits per heavy atom. The number of nitrogens with one attached hydrogen (secondary N) is 1. The number of nitrogens with zero attached hydrogens (tertiary/aromatic N) is 3. The van der Waals surface area contributed by atoms with Gasteiger partial charge in [0.1, 0.15) is 18.1 Å². The van der Waals surface area contributed by atoms with Crippen molar-refractivity contribution in [1.29, 1.82) is 0 Å². The van der Waals surface area contributed by atoms with E-state index in [1.165, 1.54) is 0 Å². The Bertz CT molecular complexity index is 1220. The fraction of sp³-hybridized carbons (Fsp3) is 0.0870. The van der Waals surface area contributed by atoms with Gasteiger partial charge in [-0.1, -0.05) is 54.6 Å². The standard InChI is InChI=1S/C23H20N4O2S/c1-28-20-11-6-10-19(14-20)22-25-26-23(30)27(22)24-15-18-9-5-12-21(13-18)29-16-17-7-3-2-4-8-17/h2-15H,16H2,1H3,(H,26,30)/b24-15+. The van der Waals surface area contributed by atoms with Gasteiger partial charge in [0.15, 0.2) is 5.82 Å². The quantitative estimate of drug-likeness (QED) is 0.337. The SMILES string of the molecule is COc1cccc(-c2n[nH]c(=S)n2/N=C/c2cccc(OCc3ccccc3)c2)c1. The predicted octanol–water partition coefficient (Wildman–Crippen LogP) is 5.08. The summed E-state index contributed by atoms with van der Waals surface area (Å²) in [4.78, 5) is 0. The average Bonchev–Trinajstić information content (AvgIpc) is 3.17. The summed E-state index contributed by atoms with van der Waals surface area (Å²) in [6.07, 6.45) is 1.73. The fourth-order valence-electron chi connectivity index (χ4n) is 2.90. The van der Waals surface area contributed by atoms with Gasteiger partial charge in [-0.3, -0.25) is 0 Å². The van der Waals surface area contributed by atoms with Gasteiger partial charge in [-0.05, 0) is 47.6 Å². The number of aromatic nitrogens is 3. The second-order valence-corrected chi connectivity index (χ2v) is 6.87. The molecule has 0 amide bonds. The molecule has 0 unspecified atom stereocenters. The average molecular weight is 417 g/mol. The lowest BCUT2D eigenvalue weighted by Crippen LogP contribution is -1.97. The maximum Gasteiger partial charge on any atom is 0.216 e. The molecule has 1 aromatic heterocycles. The second kappa shape index (κ2) is 9.19. The zero-order valence-corrected chi connectivity index (χ0v) is 17.2. The topological polar surface area (TPSA) is 64.4 Å². The van der Waals surface area contributed by atoms with E-state index >= 15 is 0 Å². The first kappa shape index (κ1) is 19.6. The number of ether oxygens (including phenoxy) is 2. The molecule has 30 heavy (non-hydrogen) atoms. The van der Waals surface area contributed by atoms with Crippen LogP contribution in [-0.4, -0.2) is 28.2 Å². The third-order valence-corrected chi connectivity index (χ3v) is 4.67. The Morgan fingerprint density at radius 2 is 1.80 bits per heavy atom. The van der Waals surface area contributed by atoms with E-state index in [1.807, 2.05) is 78.9 Å². The molecule has 3 aromatic carbocycles. The van der Waals surface area contributed by atoms with Crippen LogP contribution in [-0.2, 0) is 6.61 Å². The third-order valence-electron chi connectivity index (χ3n) is 4.41. The summed E-state index contributed by atoms with van der Waals surface area (Å²) in [5.41, 5.74) is 2.85. The molecule has 0 saturated heterocycles. The minimum atomic E-state index is 0.403. The number of rotatable bonds is 7. The zero-order chi connectivity index (χ0) is 20.8. The second-order valence-electron chi connectivity index (χ2n) is 6.49. The van der Waals surface area contributed by atoms with Crippen LogP contribution in [0.15, 0.2) is 84.0 Å². The van der Waals surface area contributed by atoms with Crippen LogP contribution < -0.4 is 9.47 Å². The molecule has 0 aliphatic rings. The van der Waals surface area contributed by atoms with Crippen LogP contribution >= 0.6 is 12.2 Å². The van der Waals surface area contributed by atoms with Crippen LogP contribution in [0.2, 0.25) is 0 Å². The van der Waals surface area contributed by atoms with Gasteiger partial charge < -0.3 is 9.47 Å². The van der Waals surface area contributed by atoms with Crippen molar-refractivity contribution >= 4 is 18.4 Å². The van der Waals surface area contributed by atoms with E-state index in [4.69, 9.17) is 21.7 Å². The minimum Gasteiger partial charge on any atom is -0.497 e. The number of hydrogen-bond acceptors (Lipinski definition) is 5. The van der Waals surface area contributed by atoms with Crippen LogP contribution in [0.5, 0.6) is 11.5 Å². The van der Waals surface area contributed by atoms with Gasteiger partial charge in [0.2, 0.25) is 4.77 Å². The monoisotopic (exact) mass is 416 g/mol. The van der Waals surface area contributed by atoms with E-state index in [2.05, 4.69) is 15.3 Å². The highest BCUT2D eigenvalue weighted by Crippen LogP contribution is 2.22. The van der Waals surface area contributed by atoms with Gasteiger partial charge in [0.05, 0.1) is 13.3 Å². The molecule has 0 radical (unpaired) electrons. The Labute approximate surface area is 179 Å². The summed E-state index contributed by atoms with van der Waals surface area (Å²) < 4.78 is 13.2. The molecular weight excluding hydrogens is 396 g/mol. The smallest absolute Gasteiger partial charge is 0.216 e. The first-order valence-corrected chi connectivity index (χ1v) is 9.77. The lowest BCUT2D eigenvalue weighted by atomic mass is 10.2. The third kappa shape index (κ3) is 4.64. The van der Waals surface area contributed by atoms with Crippen LogP contribution in [0.3, 0.4) is 0 Å². The highest BCUT2D eigenvalue weighted by Gasteiger charge is 2.09. The Hall–Kier alpha value is -3.71. The summed E-state index contributed by atoms with van der Waals surface area (Å²) in [6, 6.07) is 25.4. The van der Waals surface area contributed by atoms with E-state index in [0.29, 0.717) is 17.2 Å². The fourth-order valence-corrected chi connectivity index (χ4v) is 3.08. The summed E-state index contributed by atoms with van der Waals surface area (Å²) >= 11 is 5.35. The molecule has 0 atom stereocenters. The molecule has 4 rings (SSSR count). The van der Waals surface area contributed by atoms with Crippen molar-refractivity contribution in [3.05, 3.63) is 94.8 Å². The van der Waals surface area contributed by atoms with Gasteiger partial charge in [0.25, 0.3) is 0 Å². The van der Waals surface area contributed by atoms with Crippen molar-refractivity contribution in [3.8, 4) is 22.9 Å². The van der Waals surface area contributed by atoms with Crippen LogP contribution in [0.4, 0.5) is 0 Å². The van der Waals surface area contributed by atoms with E-state index in [9.17, 15) is 0 Å². The minimum absolute atomic E-state index is 0.403. The Morgan fingerprint density at radius 1 is 1.00 bits per heavy atom. The maximum absolute atomic E-state index is 5.89. The molecule has 0 aliphatic carbocycles. The van der Waals surface area contributed by atoms with Gasteiger partial charge in [0, 0.05) is 5.56 Å². The summed E-state index contributed by atoms with van der Waals surface area (Å²) in [7, 11) is 1.63. The predicted molar refractivity (Wildman–Crippen MR) is 120 cm³/mol. The van der Waals surface area contributed by atoms with E-state index in [0.717, 1.165) is 28.2 Å². The molecular formula is C23H20N4O2S. The van der Waals surface area contributed by atoms with Crippen molar-refractivity contribution in [2.24, 2.45) is 5.10 Å². The number of benzene rings is 3. The zero-order valence-electron chi connectivity index (χ0n) is 16.4. The van der Waals surface area contributed by atoms with Crippen LogP contribution in [0.25, 0.3) is 11.4 Å². The first-order valence-electron chi connectivity index (χ1n) is 9.36. The van der Waals surface area contributed by atoms with E-state index < -0.39 is 0 Å². The molecule has 150 valence electrons. The molecule has 1 heterocycles. The number of hydrogen-bond donors (Lipinski definition) is 1. The van der Waals surface area contributed by atoms with Crippen molar-refractivity contribution < 1.29 is 9.47 Å². The number of methoxy groups -OCH3 is 1. The molecule has 6 nitrogen and oxygen atoms in total.